The van der Waals surface area contributed by atoms with Crippen LogP contribution in [0.25, 0.3) is 0 Å². The third kappa shape index (κ3) is 5.32. The predicted octanol–water partition coefficient (Wildman–Crippen LogP) is 0.551. The third-order valence-corrected chi connectivity index (χ3v) is 6.07. The summed E-state index contributed by atoms with van der Waals surface area (Å²) in [6.45, 7) is 5.82. The van der Waals surface area contributed by atoms with Crippen LogP contribution in [-0.4, -0.2) is 82.2 Å². The van der Waals surface area contributed by atoms with Crippen molar-refractivity contribution in [1.82, 2.24) is 20.1 Å². The molecule has 0 unspecified atom stereocenters. The van der Waals surface area contributed by atoms with Crippen molar-refractivity contribution in [3.63, 3.8) is 0 Å². The minimum Gasteiger partial charge on any atom is -0.388 e. The van der Waals surface area contributed by atoms with E-state index in [0.717, 1.165) is 5.56 Å². The van der Waals surface area contributed by atoms with Crippen molar-refractivity contribution in [3.8, 4) is 0 Å². The Kier molecular flexibility index (Phi) is 6.55. The molecule has 160 valence electrons. The normalized spacial score (nSPS) is 26.5. The van der Waals surface area contributed by atoms with Crippen LogP contribution in [0.15, 0.2) is 24.5 Å². The fourth-order valence-electron chi connectivity index (χ4n) is 4.48. The second-order valence-corrected chi connectivity index (χ2v) is 8.69. The Bertz CT molecular complexity index is 721. The number of ether oxygens (including phenoxy) is 1. The van der Waals surface area contributed by atoms with Gasteiger partial charge in [0.25, 0.3) is 0 Å². The van der Waals surface area contributed by atoms with Crippen LogP contribution >= 0.6 is 0 Å². The van der Waals surface area contributed by atoms with Gasteiger partial charge in [-0.15, -0.1) is 0 Å². The molecule has 29 heavy (non-hydrogen) atoms. The summed E-state index contributed by atoms with van der Waals surface area (Å²) < 4.78 is 6.03. The molecule has 2 aliphatic rings. The monoisotopic (exact) mass is 404 g/mol. The lowest BCUT2D eigenvalue weighted by atomic mass is 9.74. The van der Waals surface area contributed by atoms with Crippen LogP contribution in [-0.2, 0) is 20.9 Å². The van der Waals surface area contributed by atoms with E-state index in [0.29, 0.717) is 45.4 Å². The molecule has 0 radical (unpaired) electrons. The Morgan fingerprint density at radius 2 is 2.00 bits per heavy atom. The molecule has 8 heteroatoms. The van der Waals surface area contributed by atoms with E-state index in [1.54, 1.807) is 12.4 Å². The van der Waals surface area contributed by atoms with Gasteiger partial charge in [0.15, 0.2) is 0 Å². The molecule has 3 rings (SSSR count). The van der Waals surface area contributed by atoms with Crippen LogP contribution in [0, 0.1) is 0 Å². The van der Waals surface area contributed by atoms with E-state index < -0.39 is 17.2 Å². The molecule has 2 N–H and O–H groups in total. The van der Waals surface area contributed by atoms with Crippen LogP contribution < -0.4 is 5.32 Å². The van der Waals surface area contributed by atoms with Gasteiger partial charge < -0.3 is 20.1 Å². The quantitative estimate of drug-likeness (QED) is 0.744. The SMILES string of the molecule is CC(=O)N[C@]1(C)CC2(CCN(C(=O)CN(C)Cc3ccncc3)CC2)OC[C@H]1O. The minimum absolute atomic E-state index is 0.108. The number of amides is 2. The maximum absolute atomic E-state index is 12.7. The summed E-state index contributed by atoms with van der Waals surface area (Å²) in [7, 11) is 1.94. The zero-order valence-corrected chi connectivity index (χ0v) is 17.6. The van der Waals surface area contributed by atoms with Crippen LogP contribution in [0.2, 0.25) is 0 Å². The topological polar surface area (TPSA) is 95.0 Å². The molecule has 1 aromatic heterocycles. The number of carbonyl (C=O) groups is 2. The van der Waals surface area contributed by atoms with Gasteiger partial charge >= 0.3 is 0 Å². The smallest absolute Gasteiger partial charge is 0.236 e. The summed E-state index contributed by atoms with van der Waals surface area (Å²) in [5.74, 6) is -0.0506. The molecule has 0 aromatic carbocycles. The highest BCUT2D eigenvalue weighted by atomic mass is 16.5. The largest absolute Gasteiger partial charge is 0.388 e. The molecule has 2 amide bonds. The first-order chi connectivity index (χ1) is 13.7. The Balaban J connectivity index is 1.53. The molecule has 2 saturated heterocycles. The summed E-state index contributed by atoms with van der Waals surface area (Å²) in [6.07, 6.45) is 4.72. The second-order valence-electron chi connectivity index (χ2n) is 8.69. The first-order valence-corrected chi connectivity index (χ1v) is 10.2. The molecule has 0 bridgehead atoms. The fraction of sp³-hybridized carbons (Fsp3) is 0.667. The maximum atomic E-state index is 12.7. The summed E-state index contributed by atoms with van der Waals surface area (Å²) in [5.41, 5.74) is 0.0105. The van der Waals surface area contributed by atoms with Crippen molar-refractivity contribution in [2.24, 2.45) is 0 Å². The zero-order chi connectivity index (χ0) is 21.1. The number of nitrogens with one attached hydrogen (secondary N) is 1. The molecule has 0 saturated carbocycles. The number of likely N-dealkylation sites (N-methyl/N-ethyl adjacent to an activating group) is 1. The number of likely N-dealkylation sites (tertiary alicyclic amines) is 1. The highest BCUT2D eigenvalue weighted by Gasteiger charge is 2.50. The lowest BCUT2D eigenvalue weighted by Gasteiger charge is -2.52. The molecule has 3 heterocycles. The number of pyridine rings is 1. The van der Waals surface area contributed by atoms with Gasteiger partial charge in [-0.25, -0.2) is 0 Å². The Morgan fingerprint density at radius 3 is 2.62 bits per heavy atom. The molecule has 2 aliphatic heterocycles. The summed E-state index contributed by atoms with van der Waals surface area (Å²) >= 11 is 0. The highest BCUT2D eigenvalue weighted by molar-refractivity contribution is 5.78. The molecular formula is C21H32N4O4. The number of rotatable bonds is 5. The molecule has 1 aromatic rings. The Hall–Kier alpha value is -2.03. The van der Waals surface area contributed by atoms with Gasteiger partial charge in [-0.2, -0.15) is 0 Å². The summed E-state index contributed by atoms with van der Waals surface area (Å²) in [4.78, 5) is 32.2. The molecule has 8 nitrogen and oxygen atoms in total. The molecule has 2 atom stereocenters. The summed E-state index contributed by atoms with van der Waals surface area (Å²) in [5, 5.41) is 13.2. The number of aliphatic hydroxyl groups is 1. The first-order valence-electron chi connectivity index (χ1n) is 10.2. The average Bonchev–Trinajstić information content (AvgIpc) is 2.65. The van der Waals surface area contributed by atoms with Crippen molar-refractivity contribution in [2.75, 3.05) is 33.3 Å². The van der Waals surface area contributed by atoms with Crippen LogP contribution in [0.4, 0.5) is 0 Å². The second kappa shape index (κ2) is 8.77. The van der Waals surface area contributed by atoms with Crippen molar-refractivity contribution < 1.29 is 19.4 Å². The number of nitrogens with zero attached hydrogens (tertiary/aromatic N) is 3. The van der Waals surface area contributed by atoms with Crippen LogP contribution in [0.1, 0.15) is 38.7 Å². The average molecular weight is 405 g/mol. The fourth-order valence-corrected chi connectivity index (χ4v) is 4.48. The van der Waals surface area contributed by atoms with E-state index in [-0.39, 0.29) is 18.4 Å². The van der Waals surface area contributed by atoms with Crippen LogP contribution in [0.3, 0.4) is 0 Å². The molecule has 2 fully saturated rings. The van der Waals surface area contributed by atoms with E-state index in [2.05, 4.69) is 10.3 Å². The predicted molar refractivity (Wildman–Crippen MR) is 108 cm³/mol. The van der Waals surface area contributed by atoms with Crippen LogP contribution in [0.5, 0.6) is 0 Å². The highest BCUT2D eigenvalue weighted by Crippen LogP contribution is 2.39. The lowest BCUT2D eigenvalue weighted by molar-refractivity contribution is -0.182. The van der Waals surface area contributed by atoms with Gasteiger partial charge in [0.05, 0.1) is 24.3 Å². The van der Waals surface area contributed by atoms with E-state index >= 15 is 0 Å². The number of hydrogen-bond donors (Lipinski definition) is 2. The summed E-state index contributed by atoms with van der Waals surface area (Å²) in [6, 6.07) is 3.90. The van der Waals surface area contributed by atoms with Crippen molar-refractivity contribution >= 4 is 11.8 Å². The Morgan fingerprint density at radius 1 is 1.34 bits per heavy atom. The van der Waals surface area contributed by atoms with E-state index in [4.69, 9.17) is 4.74 Å². The van der Waals surface area contributed by atoms with Gasteiger partial charge in [-0.05, 0) is 44.5 Å². The zero-order valence-electron chi connectivity index (χ0n) is 17.6. The van der Waals surface area contributed by atoms with Gasteiger partial charge in [0, 0.05) is 45.4 Å². The van der Waals surface area contributed by atoms with Gasteiger partial charge in [0.1, 0.15) is 6.10 Å². The van der Waals surface area contributed by atoms with Crippen molar-refractivity contribution in [1.29, 1.82) is 0 Å². The first kappa shape index (κ1) is 21.7. The van der Waals surface area contributed by atoms with E-state index in [9.17, 15) is 14.7 Å². The molecular weight excluding hydrogens is 372 g/mol. The maximum Gasteiger partial charge on any atom is 0.236 e. The third-order valence-electron chi connectivity index (χ3n) is 6.07. The van der Waals surface area contributed by atoms with E-state index in [1.165, 1.54) is 6.92 Å². The number of aliphatic hydroxyl groups excluding tert-OH is 1. The van der Waals surface area contributed by atoms with E-state index in [1.807, 2.05) is 35.9 Å². The molecule has 0 aliphatic carbocycles. The van der Waals surface area contributed by atoms with Gasteiger partial charge in [-0.3, -0.25) is 19.5 Å². The molecule has 1 spiro atoms. The minimum atomic E-state index is -0.737. The van der Waals surface area contributed by atoms with Crippen molar-refractivity contribution in [3.05, 3.63) is 30.1 Å². The number of piperidine rings is 1. The number of carbonyl (C=O) groups excluding carboxylic acids is 2. The van der Waals surface area contributed by atoms with Crippen molar-refractivity contribution in [2.45, 2.75) is 56.9 Å². The van der Waals surface area contributed by atoms with Gasteiger partial charge in [0.2, 0.25) is 11.8 Å². The standard InChI is InChI=1S/C21H32N4O4/c1-16(26)23-20(2)15-21(29-14-18(20)27)6-10-25(11-7-21)19(28)13-24(3)12-17-4-8-22-9-5-17/h4-5,8-9,18,27H,6-7,10-15H2,1-3H3,(H,23,26)/t18-,20-/m1/s1. The Labute approximate surface area is 172 Å². The van der Waals surface area contributed by atoms with Gasteiger partial charge in [-0.1, -0.05) is 0 Å². The number of aromatic nitrogens is 1. The lowest BCUT2D eigenvalue weighted by Crippen LogP contribution is -2.65. The number of hydrogen-bond acceptors (Lipinski definition) is 6.